The van der Waals surface area contributed by atoms with Crippen LogP contribution in [0.2, 0.25) is 0 Å². The number of halogens is 3. The van der Waals surface area contributed by atoms with Gasteiger partial charge in [-0.1, -0.05) is 0 Å². The van der Waals surface area contributed by atoms with E-state index in [-0.39, 0.29) is 18.2 Å². The molecule has 0 saturated heterocycles. The highest BCUT2D eigenvalue weighted by molar-refractivity contribution is 5.20. The lowest BCUT2D eigenvalue weighted by molar-refractivity contribution is 0.212. The summed E-state index contributed by atoms with van der Waals surface area (Å²) >= 11 is 0. The molecule has 0 heterocycles. The summed E-state index contributed by atoms with van der Waals surface area (Å²) < 4.78 is 39.4. The lowest BCUT2D eigenvalue weighted by Crippen LogP contribution is -2.39. The number of hydrogen-bond acceptors (Lipinski definition) is 2. The maximum Gasteiger partial charge on any atom is 0.161 e. The molecule has 1 aliphatic rings. The summed E-state index contributed by atoms with van der Waals surface area (Å²) in [6.07, 6.45) is 2.26. The van der Waals surface area contributed by atoms with E-state index >= 15 is 0 Å². The molecule has 1 aromatic rings. The summed E-state index contributed by atoms with van der Waals surface area (Å²) in [4.78, 5) is 1.91. The molecule has 5 heteroatoms. The Morgan fingerprint density at radius 2 is 1.83 bits per heavy atom. The van der Waals surface area contributed by atoms with E-state index in [9.17, 15) is 13.2 Å². The molecule has 1 saturated carbocycles. The Hall–Kier alpha value is -1.07. The monoisotopic (exact) mass is 258 g/mol. The molecule has 0 aromatic heterocycles. The van der Waals surface area contributed by atoms with Gasteiger partial charge >= 0.3 is 0 Å². The second-order valence-electron chi connectivity index (χ2n) is 4.91. The number of nitrogens with zero attached hydrogens (tertiary/aromatic N) is 1. The number of nitrogens with two attached hydrogens (primary N) is 1. The van der Waals surface area contributed by atoms with E-state index in [1.807, 2.05) is 11.9 Å². The zero-order valence-electron chi connectivity index (χ0n) is 10.3. The normalized spacial score (nSPS) is 17.2. The molecule has 0 radical (unpaired) electrons. The third-order valence-electron chi connectivity index (χ3n) is 3.48. The Morgan fingerprint density at radius 1 is 1.22 bits per heavy atom. The highest BCUT2D eigenvalue weighted by Gasteiger charge is 2.33. The second-order valence-corrected chi connectivity index (χ2v) is 4.91. The average molecular weight is 258 g/mol. The second kappa shape index (κ2) is 5.28. The largest absolute Gasteiger partial charge is 0.329 e. The van der Waals surface area contributed by atoms with Gasteiger partial charge in [0.25, 0.3) is 0 Å². The number of benzene rings is 1. The van der Waals surface area contributed by atoms with Gasteiger partial charge in [-0.2, -0.15) is 0 Å². The fourth-order valence-corrected chi connectivity index (χ4v) is 2.28. The maximum atomic E-state index is 13.5. The maximum absolute atomic E-state index is 13.5. The van der Waals surface area contributed by atoms with Crippen LogP contribution in [0.15, 0.2) is 12.1 Å². The molecular weight excluding hydrogens is 241 g/mol. The molecule has 1 unspecified atom stereocenters. The first-order chi connectivity index (χ1) is 8.52. The van der Waals surface area contributed by atoms with Crippen molar-refractivity contribution >= 4 is 0 Å². The highest BCUT2D eigenvalue weighted by Crippen LogP contribution is 2.35. The van der Waals surface area contributed by atoms with Gasteiger partial charge in [0.1, 0.15) is 5.82 Å². The van der Waals surface area contributed by atoms with Crippen molar-refractivity contribution in [2.75, 3.05) is 13.6 Å². The molecule has 2 N–H and O–H groups in total. The first kappa shape index (κ1) is 13.4. The molecule has 2 nitrogen and oxygen atoms in total. The minimum absolute atomic E-state index is 0.162. The van der Waals surface area contributed by atoms with E-state index in [2.05, 4.69) is 0 Å². The number of hydrogen-bond donors (Lipinski definition) is 1. The van der Waals surface area contributed by atoms with Gasteiger partial charge in [-0.05, 0) is 31.9 Å². The first-order valence-electron chi connectivity index (χ1n) is 6.06. The van der Waals surface area contributed by atoms with Crippen molar-refractivity contribution in [3.05, 3.63) is 35.1 Å². The SMILES string of the molecule is CN(Cc1cc(F)c(F)cc1F)C(CN)C1CC1. The van der Waals surface area contributed by atoms with Gasteiger partial charge in [0, 0.05) is 30.8 Å². The lowest BCUT2D eigenvalue weighted by Gasteiger charge is -2.27. The third-order valence-corrected chi connectivity index (χ3v) is 3.48. The van der Waals surface area contributed by atoms with Crippen LogP contribution in [0.3, 0.4) is 0 Å². The van der Waals surface area contributed by atoms with Crippen LogP contribution in [0.5, 0.6) is 0 Å². The van der Waals surface area contributed by atoms with Crippen molar-refractivity contribution in [1.82, 2.24) is 4.90 Å². The standard InChI is InChI=1S/C13H17F3N2/c1-18(13(6-17)8-2-3-8)7-9-4-11(15)12(16)5-10(9)14/h4-5,8,13H,2-3,6-7,17H2,1H3. The minimum atomic E-state index is -1.16. The Labute approximate surface area is 105 Å². The first-order valence-corrected chi connectivity index (χ1v) is 6.06. The molecular formula is C13H17F3N2. The summed E-state index contributed by atoms with van der Waals surface area (Å²) in [7, 11) is 1.83. The predicted molar refractivity (Wildman–Crippen MR) is 63.3 cm³/mol. The van der Waals surface area contributed by atoms with E-state index in [4.69, 9.17) is 5.73 Å². The molecule has 0 spiro atoms. The molecule has 1 atom stereocenters. The summed E-state index contributed by atoms with van der Waals surface area (Å²) in [5.74, 6) is -2.34. The predicted octanol–water partition coefficient (Wildman–Crippen LogP) is 2.27. The quantitative estimate of drug-likeness (QED) is 0.821. The Kier molecular flexibility index (Phi) is 3.92. The zero-order chi connectivity index (χ0) is 13.3. The van der Waals surface area contributed by atoms with E-state index in [0.29, 0.717) is 18.5 Å². The van der Waals surface area contributed by atoms with Crippen molar-refractivity contribution in [2.24, 2.45) is 11.7 Å². The van der Waals surface area contributed by atoms with Crippen LogP contribution >= 0.6 is 0 Å². The van der Waals surface area contributed by atoms with Crippen LogP contribution in [-0.2, 0) is 6.54 Å². The van der Waals surface area contributed by atoms with Crippen LogP contribution in [0.1, 0.15) is 18.4 Å². The molecule has 0 aliphatic heterocycles. The highest BCUT2D eigenvalue weighted by atomic mass is 19.2. The Morgan fingerprint density at radius 3 is 2.39 bits per heavy atom. The van der Waals surface area contributed by atoms with Crippen molar-refractivity contribution in [2.45, 2.75) is 25.4 Å². The minimum Gasteiger partial charge on any atom is -0.329 e. The molecule has 0 bridgehead atoms. The zero-order valence-corrected chi connectivity index (χ0v) is 10.3. The van der Waals surface area contributed by atoms with Gasteiger partial charge < -0.3 is 5.73 Å². The Balaban J connectivity index is 2.10. The molecule has 100 valence electrons. The fourth-order valence-electron chi connectivity index (χ4n) is 2.28. The van der Waals surface area contributed by atoms with Gasteiger partial charge in [0.2, 0.25) is 0 Å². The Bertz CT molecular complexity index is 432. The molecule has 1 aliphatic carbocycles. The number of rotatable bonds is 5. The summed E-state index contributed by atoms with van der Waals surface area (Å²) in [6, 6.07) is 1.69. The fraction of sp³-hybridized carbons (Fsp3) is 0.538. The van der Waals surface area contributed by atoms with Crippen LogP contribution < -0.4 is 5.73 Å². The topological polar surface area (TPSA) is 29.3 Å². The molecule has 1 fully saturated rings. The van der Waals surface area contributed by atoms with Gasteiger partial charge in [-0.25, -0.2) is 13.2 Å². The lowest BCUT2D eigenvalue weighted by atomic mass is 10.1. The summed E-state index contributed by atoms with van der Waals surface area (Å²) in [5.41, 5.74) is 5.85. The van der Waals surface area contributed by atoms with Crippen molar-refractivity contribution < 1.29 is 13.2 Å². The van der Waals surface area contributed by atoms with Gasteiger partial charge in [0.05, 0.1) is 0 Å². The van der Waals surface area contributed by atoms with Gasteiger partial charge in [-0.3, -0.25) is 4.90 Å². The number of likely N-dealkylation sites (N-methyl/N-ethyl adjacent to an activating group) is 1. The molecule has 2 rings (SSSR count). The van der Waals surface area contributed by atoms with Gasteiger partial charge in [-0.15, -0.1) is 0 Å². The van der Waals surface area contributed by atoms with Crippen LogP contribution in [0, 0.1) is 23.4 Å². The van der Waals surface area contributed by atoms with Gasteiger partial charge in [0.15, 0.2) is 11.6 Å². The molecule has 18 heavy (non-hydrogen) atoms. The molecule has 0 amide bonds. The third kappa shape index (κ3) is 2.84. The smallest absolute Gasteiger partial charge is 0.161 e. The summed E-state index contributed by atoms with van der Waals surface area (Å²) in [6.45, 7) is 0.730. The van der Waals surface area contributed by atoms with E-state index in [0.717, 1.165) is 18.9 Å². The van der Waals surface area contributed by atoms with Crippen LogP contribution in [-0.4, -0.2) is 24.5 Å². The van der Waals surface area contributed by atoms with Crippen molar-refractivity contribution in [3.8, 4) is 0 Å². The molecule has 1 aromatic carbocycles. The van der Waals surface area contributed by atoms with E-state index in [1.54, 1.807) is 0 Å². The van der Waals surface area contributed by atoms with E-state index in [1.165, 1.54) is 0 Å². The van der Waals surface area contributed by atoms with Crippen LogP contribution in [0.4, 0.5) is 13.2 Å². The van der Waals surface area contributed by atoms with Crippen molar-refractivity contribution in [3.63, 3.8) is 0 Å². The summed E-state index contributed by atoms with van der Waals surface area (Å²) in [5, 5.41) is 0. The van der Waals surface area contributed by atoms with Crippen LogP contribution in [0.25, 0.3) is 0 Å². The van der Waals surface area contributed by atoms with E-state index < -0.39 is 17.5 Å². The van der Waals surface area contributed by atoms with Crippen molar-refractivity contribution in [1.29, 1.82) is 0 Å². The average Bonchev–Trinajstić information content (AvgIpc) is 3.11.